The van der Waals surface area contributed by atoms with Gasteiger partial charge < -0.3 is 10.5 Å². The molecule has 0 fully saturated rings. The third kappa shape index (κ3) is 3.57. The number of rotatable bonds is 4. The van der Waals surface area contributed by atoms with Crippen LogP contribution in [0.5, 0.6) is 0 Å². The minimum atomic E-state index is -0.284. The summed E-state index contributed by atoms with van der Waals surface area (Å²) in [5.41, 5.74) is 6.81. The second-order valence-corrected chi connectivity index (χ2v) is 4.04. The molecule has 0 spiro atoms. The molecule has 15 heavy (non-hydrogen) atoms. The van der Waals surface area contributed by atoms with Crippen molar-refractivity contribution in [1.29, 1.82) is 0 Å². The van der Waals surface area contributed by atoms with Gasteiger partial charge in [-0.2, -0.15) is 0 Å². The summed E-state index contributed by atoms with van der Waals surface area (Å²) in [7, 11) is 1.37. The van der Waals surface area contributed by atoms with Crippen molar-refractivity contribution in [1.82, 2.24) is 0 Å². The maximum absolute atomic E-state index is 11.0. The number of benzene rings is 1. The molecule has 0 aliphatic heterocycles. The maximum Gasteiger partial charge on any atom is 0.307 e. The van der Waals surface area contributed by atoms with Crippen LogP contribution in [-0.4, -0.2) is 19.3 Å². The summed E-state index contributed by atoms with van der Waals surface area (Å²) in [6.07, 6.45) is 2.23. The zero-order valence-corrected chi connectivity index (χ0v) is 9.71. The van der Waals surface area contributed by atoms with Crippen molar-refractivity contribution >= 4 is 17.7 Å². The maximum atomic E-state index is 11.0. The van der Waals surface area contributed by atoms with Gasteiger partial charge in [0, 0.05) is 10.9 Å². The molecular weight excluding hydrogens is 210 g/mol. The van der Waals surface area contributed by atoms with Gasteiger partial charge in [-0.3, -0.25) is 4.79 Å². The summed E-state index contributed by atoms with van der Waals surface area (Å²) < 4.78 is 4.56. The Morgan fingerprint density at radius 2 is 2.07 bits per heavy atom. The van der Waals surface area contributed by atoms with Crippen molar-refractivity contribution in [2.75, 3.05) is 13.4 Å². The van der Waals surface area contributed by atoms with E-state index in [-0.39, 0.29) is 18.4 Å². The van der Waals surface area contributed by atoms with Gasteiger partial charge in [-0.05, 0) is 24.0 Å². The monoisotopic (exact) mass is 225 g/mol. The molecule has 82 valence electrons. The molecule has 4 heteroatoms. The molecule has 0 bridgehead atoms. The SMILES string of the molecule is COC(=O)CC(N)c1ccc(SC)cc1. The minimum absolute atomic E-state index is 0.217. The molecule has 1 unspecified atom stereocenters. The van der Waals surface area contributed by atoms with E-state index in [1.165, 1.54) is 12.0 Å². The van der Waals surface area contributed by atoms with E-state index in [9.17, 15) is 4.79 Å². The van der Waals surface area contributed by atoms with Crippen LogP contribution in [0.4, 0.5) is 0 Å². The lowest BCUT2D eigenvalue weighted by atomic mass is 10.1. The molecule has 0 saturated carbocycles. The number of hydrogen-bond donors (Lipinski definition) is 1. The highest BCUT2D eigenvalue weighted by atomic mass is 32.2. The smallest absolute Gasteiger partial charge is 0.307 e. The Hall–Kier alpha value is -1.00. The predicted molar refractivity (Wildman–Crippen MR) is 61.8 cm³/mol. The van der Waals surface area contributed by atoms with Gasteiger partial charge in [0.25, 0.3) is 0 Å². The Bertz CT molecular complexity index is 324. The van der Waals surface area contributed by atoms with Crippen LogP contribution in [0.15, 0.2) is 29.2 Å². The van der Waals surface area contributed by atoms with E-state index in [1.54, 1.807) is 11.8 Å². The Balaban J connectivity index is 2.65. The van der Waals surface area contributed by atoms with Crippen LogP contribution >= 0.6 is 11.8 Å². The quantitative estimate of drug-likeness (QED) is 0.628. The average Bonchev–Trinajstić information content (AvgIpc) is 2.29. The van der Waals surface area contributed by atoms with Gasteiger partial charge in [-0.1, -0.05) is 12.1 Å². The highest BCUT2D eigenvalue weighted by Gasteiger charge is 2.11. The van der Waals surface area contributed by atoms with Crippen molar-refractivity contribution in [3.8, 4) is 0 Å². The molecule has 0 aliphatic carbocycles. The van der Waals surface area contributed by atoms with Crippen LogP contribution in [0.25, 0.3) is 0 Å². The van der Waals surface area contributed by atoms with Gasteiger partial charge >= 0.3 is 5.97 Å². The molecule has 0 aromatic heterocycles. The third-order valence-corrected chi connectivity index (χ3v) is 2.90. The molecule has 1 aromatic carbocycles. The van der Waals surface area contributed by atoms with Gasteiger partial charge in [0.05, 0.1) is 13.5 Å². The second kappa shape index (κ2) is 5.78. The Morgan fingerprint density at radius 3 is 2.53 bits per heavy atom. The molecule has 0 aliphatic rings. The van der Waals surface area contributed by atoms with E-state index in [2.05, 4.69) is 4.74 Å². The first-order chi connectivity index (χ1) is 7.17. The fourth-order valence-corrected chi connectivity index (χ4v) is 1.64. The van der Waals surface area contributed by atoms with Crippen LogP contribution < -0.4 is 5.73 Å². The summed E-state index contributed by atoms with van der Waals surface area (Å²) in [6.45, 7) is 0. The molecule has 2 N–H and O–H groups in total. The summed E-state index contributed by atoms with van der Waals surface area (Å²) in [4.78, 5) is 12.2. The zero-order chi connectivity index (χ0) is 11.3. The van der Waals surface area contributed by atoms with Gasteiger partial charge in [-0.25, -0.2) is 0 Å². The van der Waals surface area contributed by atoms with Crippen molar-refractivity contribution in [3.63, 3.8) is 0 Å². The van der Waals surface area contributed by atoms with Crippen LogP contribution in [0.3, 0.4) is 0 Å². The first-order valence-corrected chi connectivity index (χ1v) is 5.86. The first-order valence-electron chi connectivity index (χ1n) is 4.63. The molecule has 3 nitrogen and oxygen atoms in total. The Labute approximate surface area is 94.0 Å². The lowest BCUT2D eigenvalue weighted by molar-refractivity contribution is -0.141. The zero-order valence-electron chi connectivity index (χ0n) is 8.90. The number of esters is 1. The largest absolute Gasteiger partial charge is 0.469 e. The second-order valence-electron chi connectivity index (χ2n) is 3.16. The molecule has 0 amide bonds. The van der Waals surface area contributed by atoms with E-state index in [0.717, 1.165) is 5.56 Å². The average molecular weight is 225 g/mol. The van der Waals surface area contributed by atoms with E-state index < -0.39 is 0 Å². The fourth-order valence-electron chi connectivity index (χ4n) is 1.23. The van der Waals surface area contributed by atoms with Crippen LogP contribution in [0.2, 0.25) is 0 Å². The first kappa shape index (κ1) is 12.1. The molecule has 1 atom stereocenters. The van der Waals surface area contributed by atoms with Gasteiger partial charge in [0.2, 0.25) is 0 Å². The molecule has 1 rings (SSSR count). The number of ether oxygens (including phenoxy) is 1. The summed E-state index contributed by atoms with van der Waals surface area (Å²) in [5, 5.41) is 0. The summed E-state index contributed by atoms with van der Waals surface area (Å²) in [6, 6.07) is 7.60. The lowest BCUT2D eigenvalue weighted by Crippen LogP contribution is -2.16. The van der Waals surface area contributed by atoms with E-state index in [4.69, 9.17) is 5.73 Å². The number of hydrogen-bond acceptors (Lipinski definition) is 4. The van der Waals surface area contributed by atoms with Crippen molar-refractivity contribution < 1.29 is 9.53 Å². The van der Waals surface area contributed by atoms with Gasteiger partial charge in [-0.15, -0.1) is 11.8 Å². The number of thioether (sulfide) groups is 1. The summed E-state index contributed by atoms with van der Waals surface area (Å²) >= 11 is 1.68. The summed E-state index contributed by atoms with van der Waals surface area (Å²) in [5.74, 6) is -0.281. The number of carbonyl (C=O) groups is 1. The van der Waals surface area contributed by atoms with Crippen molar-refractivity contribution in [2.45, 2.75) is 17.4 Å². The molecule has 0 saturated heterocycles. The number of nitrogens with two attached hydrogens (primary N) is 1. The standard InChI is InChI=1S/C11H15NO2S/c1-14-11(13)7-10(12)8-3-5-9(15-2)6-4-8/h3-6,10H,7,12H2,1-2H3. The molecule has 0 heterocycles. The minimum Gasteiger partial charge on any atom is -0.469 e. The van der Waals surface area contributed by atoms with Crippen molar-refractivity contribution in [3.05, 3.63) is 29.8 Å². The highest BCUT2D eigenvalue weighted by Crippen LogP contribution is 2.19. The fraction of sp³-hybridized carbons (Fsp3) is 0.364. The van der Waals surface area contributed by atoms with Gasteiger partial charge in [0.1, 0.15) is 0 Å². The van der Waals surface area contributed by atoms with E-state index in [0.29, 0.717) is 0 Å². The third-order valence-electron chi connectivity index (χ3n) is 2.16. The van der Waals surface area contributed by atoms with Crippen molar-refractivity contribution in [2.24, 2.45) is 5.73 Å². The van der Waals surface area contributed by atoms with E-state index in [1.807, 2.05) is 30.5 Å². The normalized spacial score (nSPS) is 12.2. The van der Waals surface area contributed by atoms with E-state index >= 15 is 0 Å². The lowest BCUT2D eigenvalue weighted by Gasteiger charge is -2.10. The predicted octanol–water partition coefficient (Wildman–Crippen LogP) is 1.97. The number of methoxy groups -OCH3 is 1. The Kier molecular flexibility index (Phi) is 4.65. The van der Waals surface area contributed by atoms with Gasteiger partial charge in [0.15, 0.2) is 0 Å². The number of carbonyl (C=O) groups excluding carboxylic acids is 1. The van der Waals surface area contributed by atoms with Crippen LogP contribution in [0.1, 0.15) is 18.0 Å². The molecular formula is C11H15NO2S. The van der Waals surface area contributed by atoms with Crippen LogP contribution in [0, 0.1) is 0 Å². The highest BCUT2D eigenvalue weighted by molar-refractivity contribution is 7.98. The topological polar surface area (TPSA) is 52.3 Å². The molecule has 1 aromatic rings. The molecule has 0 radical (unpaired) electrons. The van der Waals surface area contributed by atoms with Crippen LogP contribution in [-0.2, 0) is 9.53 Å². The Morgan fingerprint density at radius 1 is 1.47 bits per heavy atom.